The predicted molar refractivity (Wildman–Crippen MR) is 395 cm³/mol. The molecular formula is C78H152O17P2. The van der Waals surface area contributed by atoms with E-state index in [0.29, 0.717) is 31.6 Å². The molecule has 0 aromatic rings. The van der Waals surface area contributed by atoms with Gasteiger partial charge in [0.25, 0.3) is 0 Å². The van der Waals surface area contributed by atoms with Crippen molar-refractivity contribution in [2.75, 3.05) is 39.6 Å². The number of ether oxygens (including phenoxy) is 4. The van der Waals surface area contributed by atoms with Crippen LogP contribution in [0.1, 0.15) is 396 Å². The molecule has 0 radical (unpaired) electrons. The third-order valence-electron chi connectivity index (χ3n) is 18.4. The second-order valence-electron chi connectivity index (χ2n) is 29.8. The lowest BCUT2D eigenvalue weighted by molar-refractivity contribution is -0.161. The lowest BCUT2D eigenvalue weighted by Gasteiger charge is -2.21. The number of aliphatic hydroxyl groups is 1. The molecule has 0 saturated carbocycles. The summed E-state index contributed by atoms with van der Waals surface area (Å²) in [5.74, 6) is 0.960. The minimum Gasteiger partial charge on any atom is -0.462 e. The zero-order chi connectivity index (χ0) is 71.7. The SMILES string of the molecule is CCC(C)CCCCCCCCCCCCCCCCC(=O)O[C@H](COC(=O)CCCCCCCCCCC(C)C)COP(=O)(O)OCC(O)COP(=O)(O)OC[C@@H](COC(=O)CCCCCCCCCC(C)C)OC(=O)CCCCCCCCCCCCCCCCCC(C)C. The smallest absolute Gasteiger partial charge is 0.462 e. The van der Waals surface area contributed by atoms with E-state index in [4.69, 9.17) is 37.0 Å². The first-order valence-electron chi connectivity index (χ1n) is 40.2. The van der Waals surface area contributed by atoms with Crippen LogP contribution in [0.5, 0.6) is 0 Å². The number of unbranched alkanes of at least 4 members (excludes halogenated alkanes) is 40. The number of hydrogen-bond acceptors (Lipinski definition) is 15. The zero-order valence-electron chi connectivity index (χ0n) is 63.7. The largest absolute Gasteiger partial charge is 0.472 e. The van der Waals surface area contributed by atoms with Crippen LogP contribution in [0.4, 0.5) is 0 Å². The highest BCUT2D eigenvalue weighted by atomic mass is 31.2. The van der Waals surface area contributed by atoms with E-state index in [2.05, 4.69) is 55.4 Å². The highest BCUT2D eigenvalue weighted by molar-refractivity contribution is 7.47. The van der Waals surface area contributed by atoms with E-state index >= 15 is 0 Å². The molecule has 0 aliphatic heterocycles. The van der Waals surface area contributed by atoms with Gasteiger partial charge in [-0.1, -0.05) is 344 Å². The van der Waals surface area contributed by atoms with E-state index < -0.39 is 97.5 Å². The van der Waals surface area contributed by atoms with E-state index in [1.54, 1.807) is 0 Å². The van der Waals surface area contributed by atoms with E-state index in [-0.39, 0.29) is 25.7 Å². The lowest BCUT2D eigenvalue weighted by atomic mass is 9.99. The van der Waals surface area contributed by atoms with Crippen LogP contribution < -0.4 is 0 Å². The highest BCUT2D eigenvalue weighted by Crippen LogP contribution is 2.45. The molecule has 0 aliphatic rings. The standard InChI is InChI=1S/C78H152O17P2/c1-9-71(8)57-49-41-33-24-20-16-13-14-18-22-26-36-45-53-61-77(82)94-73(64-88-75(80)58-50-42-34-28-27-31-39-47-55-69(4)5)66-92-96(84,85)90-62-72(79)63-91-97(86,87)93-67-74(65-89-76(81)59-51-43-37-29-32-40-48-56-70(6)7)95-78(83)60-52-44-35-25-21-17-12-10-11-15-19-23-30-38-46-54-68(2)3/h68-74,79H,9-67H2,1-8H3,(H,84,85)(H,86,87)/t71?,72?,73-,74-/m1/s1. The first kappa shape index (κ1) is 95.1. The minimum absolute atomic E-state index is 0.106. The molecular weight excluding hydrogens is 1270 g/mol. The fourth-order valence-electron chi connectivity index (χ4n) is 11.9. The van der Waals surface area contributed by atoms with Crippen LogP contribution in [-0.4, -0.2) is 96.7 Å². The van der Waals surface area contributed by atoms with Crippen molar-refractivity contribution in [2.24, 2.45) is 23.7 Å². The molecule has 0 rings (SSSR count). The van der Waals surface area contributed by atoms with Crippen LogP contribution in [-0.2, 0) is 65.4 Å². The summed E-state index contributed by atoms with van der Waals surface area (Å²) >= 11 is 0. The summed E-state index contributed by atoms with van der Waals surface area (Å²) in [7, 11) is -9.92. The molecule has 0 aromatic heterocycles. The Morgan fingerprint density at radius 2 is 0.495 bits per heavy atom. The molecule has 4 unspecified atom stereocenters. The zero-order valence-corrected chi connectivity index (χ0v) is 65.5. The number of carbonyl (C=O) groups is 4. The molecule has 0 spiro atoms. The average Bonchev–Trinajstić information content (AvgIpc) is 1.16. The minimum atomic E-state index is -4.96. The second-order valence-corrected chi connectivity index (χ2v) is 32.7. The molecule has 3 N–H and O–H groups in total. The van der Waals surface area contributed by atoms with Gasteiger partial charge in [0, 0.05) is 25.7 Å². The summed E-state index contributed by atoms with van der Waals surface area (Å²) in [5.41, 5.74) is 0. The number of aliphatic hydroxyl groups excluding tert-OH is 1. The van der Waals surface area contributed by atoms with Gasteiger partial charge in [0.15, 0.2) is 12.2 Å². The quantitative estimate of drug-likeness (QED) is 0.0222. The van der Waals surface area contributed by atoms with Crippen molar-refractivity contribution in [2.45, 2.75) is 414 Å². The maximum absolute atomic E-state index is 13.1. The molecule has 576 valence electrons. The lowest BCUT2D eigenvalue weighted by Crippen LogP contribution is -2.30. The van der Waals surface area contributed by atoms with Crippen molar-refractivity contribution in [3.63, 3.8) is 0 Å². The number of carbonyl (C=O) groups excluding carboxylic acids is 4. The summed E-state index contributed by atoms with van der Waals surface area (Å²) in [4.78, 5) is 72.9. The fourth-order valence-corrected chi connectivity index (χ4v) is 13.5. The van der Waals surface area contributed by atoms with Gasteiger partial charge in [0.2, 0.25) is 0 Å². The Labute approximate surface area is 594 Å². The Kier molecular flexibility index (Phi) is 65.9. The highest BCUT2D eigenvalue weighted by Gasteiger charge is 2.30. The summed E-state index contributed by atoms with van der Waals surface area (Å²) in [5, 5.41) is 10.6. The van der Waals surface area contributed by atoms with Crippen LogP contribution in [0.2, 0.25) is 0 Å². The number of phosphoric ester groups is 2. The van der Waals surface area contributed by atoms with Crippen molar-refractivity contribution in [3.05, 3.63) is 0 Å². The number of phosphoric acid groups is 2. The number of rotatable bonds is 75. The maximum atomic E-state index is 13.1. The summed E-state index contributed by atoms with van der Waals surface area (Å²) in [6.07, 6.45) is 52.8. The molecule has 0 aromatic carbocycles. The fraction of sp³-hybridized carbons (Fsp3) is 0.949. The molecule has 0 aliphatic carbocycles. The first-order chi connectivity index (χ1) is 46.6. The molecule has 19 heteroatoms. The third kappa shape index (κ3) is 70.9. The van der Waals surface area contributed by atoms with Crippen molar-refractivity contribution < 1.29 is 80.2 Å². The molecule has 97 heavy (non-hydrogen) atoms. The van der Waals surface area contributed by atoms with Crippen LogP contribution >= 0.6 is 15.6 Å². The van der Waals surface area contributed by atoms with Crippen LogP contribution in [0.3, 0.4) is 0 Å². The van der Waals surface area contributed by atoms with Gasteiger partial charge in [-0.2, -0.15) is 0 Å². The van der Waals surface area contributed by atoms with E-state index in [1.165, 1.54) is 193 Å². The van der Waals surface area contributed by atoms with Gasteiger partial charge in [-0.05, 0) is 49.4 Å². The van der Waals surface area contributed by atoms with Crippen LogP contribution in [0, 0.1) is 23.7 Å². The molecule has 0 amide bonds. The van der Waals surface area contributed by atoms with E-state index in [9.17, 15) is 43.2 Å². The Hall–Kier alpha value is -1.94. The van der Waals surface area contributed by atoms with Crippen LogP contribution in [0.15, 0.2) is 0 Å². The summed E-state index contributed by atoms with van der Waals surface area (Å²) < 4.78 is 68.6. The Morgan fingerprint density at radius 1 is 0.289 bits per heavy atom. The van der Waals surface area contributed by atoms with Gasteiger partial charge in [0.1, 0.15) is 19.3 Å². The molecule has 0 saturated heterocycles. The van der Waals surface area contributed by atoms with Gasteiger partial charge in [0.05, 0.1) is 26.4 Å². The van der Waals surface area contributed by atoms with Gasteiger partial charge in [-0.25, -0.2) is 9.13 Å². The average molecular weight is 1420 g/mol. The molecule has 0 bridgehead atoms. The van der Waals surface area contributed by atoms with Crippen molar-refractivity contribution >= 4 is 39.5 Å². The molecule has 0 heterocycles. The van der Waals surface area contributed by atoms with Gasteiger partial charge in [-0.3, -0.25) is 37.3 Å². The number of esters is 4. The van der Waals surface area contributed by atoms with Crippen LogP contribution in [0.25, 0.3) is 0 Å². The number of hydrogen-bond donors (Lipinski definition) is 3. The molecule has 17 nitrogen and oxygen atoms in total. The Balaban J connectivity index is 5.22. The Morgan fingerprint density at radius 3 is 0.732 bits per heavy atom. The maximum Gasteiger partial charge on any atom is 0.472 e. The predicted octanol–water partition coefficient (Wildman–Crippen LogP) is 22.8. The van der Waals surface area contributed by atoms with Crippen molar-refractivity contribution in [1.82, 2.24) is 0 Å². The van der Waals surface area contributed by atoms with E-state index in [0.717, 1.165) is 114 Å². The first-order valence-corrected chi connectivity index (χ1v) is 43.2. The molecule has 6 atom stereocenters. The second kappa shape index (κ2) is 67.2. The van der Waals surface area contributed by atoms with Gasteiger partial charge in [-0.15, -0.1) is 0 Å². The summed E-state index contributed by atoms with van der Waals surface area (Å²) in [6.45, 7) is 14.2. The van der Waals surface area contributed by atoms with Crippen molar-refractivity contribution in [3.8, 4) is 0 Å². The Bertz CT molecular complexity index is 1900. The topological polar surface area (TPSA) is 237 Å². The van der Waals surface area contributed by atoms with E-state index in [1.807, 2.05) is 0 Å². The summed E-state index contributed by atoms with van der Waals surface area (Å²) in [6, 6.07) is 0. The molecule has 0 fully saturated rings. The van der Waals surface area contributed by atoms with Crippen molar-refractivity contribution in [1.29, 1.82) is 0 Å². The van der Waals surface area contributed by atoms with Gasteiger partial charge >= 0.3 is 39.5 Å². The van der Waals surface area contributed by atoms with Gasteiger partial charge < -0.3 is 33.8 Å². The third-order valence-corrected chi connectivity index (χ3v) is 20.3. The monoisotopic (exact) mass is 1420 g/mol. The normalized spacial score (nSPS) is 14.4.